The highest BCUT2D eigenvalue weighted by Crippen LogP contribution is 2.45. The normalized spacial score (nSPS) is 14.3. The molecule has 0 aromatic heterocycles. The molecule has 17 nitrogen and oxygen atoms in total. The molecule has 0 fully saturated rings. The first-order valence-corrected chi connectivity index (χ1v) is 43.7. The van der Waals surface area contributed by atoms with E-state index in [-0.39, 0.29) is 25.7 Å². The van der Waals surface area contributed by atoms with E-state index in [0.717, 1.165) is 114 Å². The van der Waals surface area contributed by atoms with Crippen LogP contribution in [0.15, 0.2) is 0 Å². The molecule has 3 unspecified atom stereocenters. The number of phosphoric ester groups is 2. The SMILES string of the molecule is CCC(C)CCCCCCCCCCCCCCCCCCCCC(=O)OC[C@H](COP(=O)(O)OC[C@@H](O)COP(=O)(O)OC[C@@H](COC(=O)CCCCCCCCC(C)C)OC(=O)CCCCCCCCCCCCCCCC(C)C)OC(=O)CCCCCCCCCCC(C)C. The maximum absolute atomic E-state index is 13.1. The van der Waals surface area contributed by atoms with E-state index in [4.69, 9.17) is 37.0 Å². The summed E-state index contributed by atoms with van der Waals surface area (Å²) in [5.74, 6) is 0.936. The molecule has 0 radical (unpaired) electrons. The van der Waals surface area contributed by atoms with Crippen molar-refractivity contribution in [1.82, 2.24) is 0 Å². The Kier molecular flexibility index (Phi) is 66.8. The zero-order chi connectivity index (χ0) is 72.4. The quantitative estimate of drug-likeness (QED) is 0.0222. The summed E-state index contributed by atoms with van der Waals surface area (Å²) in [6.45, 7) is 14.2. The summed E-state index contributed by atoms with van der Waals surface area (Å²) < 4.78 is 68.5. The molecule has 0 saturated carbocycles. The standard InChI is InChI=1S/C79H154O17P2/c1-9-72(8)58-50-42-33-26-22-18-14-12-10-11-13-15-19-23-27-34-43-51-59-76(81)89-65-74(96-79(84)62-54-46-36-30-29-32-40-48-56-70(4)5)67-93-97(85,86)91-63-73(80)64-92-98(87,88)94-68-75(66-90-77(82)60-52-44-38-37-41-49-57-71(6)7)95-78(83)61-53-45-35-28-24-20-16-17-21-25-31-39-47-55-69(2)3/h69-75,80H,9-68H2,1-8H3,(H,85,86)(H,87,88)/t72?,73-,74-,75-/m1/s1. The summed E-state index contributed by atoms with van der Waals surface area (Å²) >= 11 is 0. The molecule has 0 aromatic rings. The molecule has 0 aliphatic rings. The Morgan fingerprint density at radius 1 is 0.286 bits per heavy atom. The molecule has 6 atom stereocenters. The topological polar surface area (TPSA) is 237 Å². The van der Waals surface area contributed by atoms with Crippen molar-refractivity contribution >= 4 is 39.5 Å². The van der Waals surface area contributed by atoms with E-state index in [2.05, 4.69) is 55.4 Å². The zero-order valence-corrected chi connectivity index (χ0v) is 66.2. The zero-order valence-electron chi connectivity index (χ0n) is 64.4. The third-order valence-electron chi connectivity index (χ3n) is 18.7. The van der Waals surface area contributed by atoms with Crippen LogP contribution in [0, 0.1) is 23.7 Å². The lowest BCUT2D eigenvalue weighted by Gasteiger charge is -2.21. The van der Waals surface area contributed by atoms with Crippen LogP contribution in [0.2, 0.25) is 0 Å². The molecular formula is C79H154O17P2. The molecular weight excluding hydrogens is 1280 g/mol. The molecule has 98 heavy (non-hydrogen) atoms. The van der Waals surface area contributed by atoms with Crippen molar-refractivity contribution in [2.75, 3.05) is 39.6 Å². The van der Waals surface area contributed by atoms with Gasteiger partial charge in [0.15, 0.2) is 12.2 Å². The van der Waals surface area contributed by atoms with Crippen molar-refractivity contribution in [3.63, 3.8) is 0 Å². The molecule has 0 aliphatic carbocycles. The molecule has 0 heterocycles. The Morgan fingerprint density at radius 2 is 0.490 bits per heavy atom. The molecule has 0 aliphatic heterocycles. The van der Waals surface area contributed by atoms with Crippen LogP contribution in [0.1, 0.15) is 402 Å². The maximum Gasteiger partial charge on any atom is 0.472 e. The average Bonchev–Trinajstić information content (AvgIpc) is 1.42. The highest BCUT2D eigenvalue weighted by atomic mass is 31.2. The van der Waals surface area contributed by atoms with Gasteiger partial charge in [-0.2, -0.15) is 0 Å². The number of carbonyl (C=O) groups excluding carboxylic acids is 4. The summed E-state index contributed by atoms with van der Waals surface area (Å²) in [5, 5.41) is 10.6. The Bertz CT molecular complexity index is 1920. The van der Waals surface area contributed by atoms with E-state index in [1.54, 1.807) is 0 Å². The fourth-order valence-corrected chi connectivity index (χ4v) is 13.6. The summed E-state index contributed by atoms with van der Waals surface area (Å²) in [6, 6.07) is 0. The number of rotatable bonds is 76. The third kappa shape index (κ3) is 71.1. The number of hydrogen-bond acceptors (Lipinski definition) is 15. The first-order chi connectivity index (χ1) is 47.1. The van der Waals surface area contributed by atoms with Gasteiger partial charge in [-0.3, -0.25) is 37.3 Å². The molecule has 19 heteroatoms. The second-order valence-electron chi connectivity index (χ2n) is 30.1. The second kappa shape index (κ2) is 68.2. The minimum absolute atomic E-state index is 0.105. The fourth-order valence-electron chi connectivity index (χ4n) is 12.0. The predicted octanol–water partition coefficient (Wildman–Crippen LogP) is 23.2. The first kappa shape index (κ1) is 96.1. The molecule has 0 amide bonds. The van der Waals surface area contributed by atoms with Gasteiger partial charge in [0.05, 0.1) is 26.4 Å². The lowest BCUT2D eigenvalue weighted by atomic mass is 9.99. The van der Waals surface area contributed by atoms with Crippen LogP contribution in [0.5, 0.6) is 0 Å². The van der Waals surface area contributed by atoms with Crippen molar-refractivity contribution in [1.29, 1.82) is 0 Å². The number of esters is 4. The number of carbonyl (C=O) groups is 4. The number of hydrogen-bond donors (Lipinski definition) is 3. The Hall–Kier alpha value is -1.94. The molecule has 0 saturated heterocycles. The summed E-state index contributed by atoms with van der Waals surface area (Å²) in [4.78, 5) is 72.8. The van der Waals surface area contributed by atoms with Gasteiger partial charge in [-0.15, -0.1) is 0 Å². The molecule has 0 rings (SSSR count). The van der Waals surface area contributed by atoms with E-state index in [0.29, 0.717) is 31.6 Å². The molecule has 3 N–H and O–H groups in total. The van der Waals surface area contributed by atoms with E-state index < -0.39 is 97.5 Å². The average molecular weight is 1440 g/mol. The van der Waals surface area contributed by atoms with Gasteiger partial charge in [-0.05, 0) is 49.4 Å². The van der Waals surface area contributed by atoms with Gasteiger partial charge < -0.3 is 33.8 Å². The van der Waals surface area contributed by atoms with Gasteiger partial charge in [0.1, 0.15) is 19.3 Å². The van der Waals surface area contributed by atoms with Gasteiger partial charge >= 0.3 is 39.5 Å². The maximum atomic E-state index is 13.1. The number of ether oxygens (including phenoxy) is 4. The molecule has 0 bridgehead atoms. The van der Waals surface area contributed by atoms with Gasteiger partial charge in [0.2, 0.25) is 0 Å². The van der Waals surface area contributed by atoms with Crippen LogP contribution in [-0.2, 0) is 65.4 Å². The minimum Gasteiger partial charge on any atom is -0.462 e. The largest absolute Gasteiger partial charge is 0.472 e. The minimum atomic E-state index is -4.96. The molecule has 0 spiro atoms. The Balaban J connectivity index is 5.13. The number of aliphatic hydroxyl groups excluding tert-OH is 1. The van der Waals surface area contributed by atoms with Gasteiger partial charge in [0, 0.05) is 25.7 Å². The van der Waals surface area contributed by atoms with E-state index in [1.165, 1.54) is 199 Å². The van der Waals surface area contributed by atoms with E-state index in [9.17, 15) is 43.2 Å². The van der Waals surface area contributed by atoms with Gasteiger partial charge in [-0.1, -0.05) is 351 Å². The fraction of sp³-hybridized carbons (Fsp3) is 0.949. The van der Waals surface area contributed by atoms with Gasteiger partial charge in [0.25, 0.3) is 0 Å². The monoisotopic (exact) mass is 1440 g/mol. The number of aliphatic hydroxyl groups is 1. The van der Waals surface area contributed by atoms with Crippen molar-refractivity contribution < 1.29 is 80.2 Å². The smallest absolute Gasteiger partial charge is 0.462 e. The lowest BCUT2D eigenvalue weighted by Crippen LogP contribution is -2.30. The first-order valence-electron chi connectivity index (χ1n) is 40.7. The highest BCUT2D eigenvalue weighted by molar-refractivity contribution is 7.47. The highest BCUT2D eigenvalue weighted by Gasteiger charge is 2.30. The van der Waals surface area contributed by atoms with Crippen LogP contribution < -0.4 is 0 Å². The second-order valence-corrected chi connectivity index (χ2v) is 33.0. The van der Waals surface area contributed by atoms with E-state index >= 15 is 0 Å². The van der Waals surface area contributed by atoms with Crippen LogP contribution in [0.4, 0.5) is 0 Å². The van der Waals surface area contributed by atoms with Crippen molar-refractivity contribution in [2.24, 2.45) is 23.7 Å². The number of phosphoric acid groups is 2. The predicted molar refractivity (Wildman–Crippen MR) is 400 cm³/mol. The van der Waals surface area contributed by atoms with Crippen LogP contribution in [0.25, 0.3) is 0 Å². The summed E-state index contributed by atoms with van der Waals surface area (Å²) in [7, 11) is -9.91. The van der Waals surface area contributed by atoms with Crippen LogP contribution in [0.3, 0.4) is 0 Å². The van der Waals surface area contributed by atoms with Crippen LogP contribution in [-0.4, -0.2) is 96.7 Å². The third-order valence-corrected chi connectivity index (χ3v) is 20.6. The van der Waals surface area contributed by atoms with E-state index in [1.807, 2.05) is 0 Å². The summed E-state index contributed by atoms with van der Waals surface area (Å²) in [6.07, 6.45) is 54.4. The summed E-state index contributed by atoms with van der Waals surface area (Å²) in [5.41, 5.74) is 0. The van der Waals surface area contributed by atoms with Crippen molar-refractivity contribution in [2.45, 2.75) is 420 Å². The Labute approximate surface area is 600 Å². The molecule has 0 aromatic carbocycles. The van der Waals surface area contributed by atoms with Gasteiger partial charge in [-0.25, -0.2) is 9.13 Å². The van der Waals surface area contributed by atoms with Crippen molar-refractivity contribution in [3.05, 3.63) is 0 Å². The molecule has 582 valence electrons. The van der Waals surface area contributed by atoms with Crippen LogP contribution >= 0.6 is 15.6 Å². The lowest BCUT2D eigenvalue weighted by molar-refractivity contribution is -0.161. The van der Waals surface area contributed by atoms with Crippen molar-refractivity contribution in [3.8, 4) is 0 Å². The number of unbranched alkanes of at least 4 members (excludes halogenated alkanes) is 41. The Morgan fingerprint density at radius 3 is 0.724 bits per heavy atom.